The summed E-state index contributed by atoms with van der Waals surface area (Å²) in [6.45, 7) is 1.73. The number of aromatic amines is 1. The predicted molar refractivity (Wildman–Crippen MR) is 57.3 cm³/mol. The average molecular weight is 270 g/mol. The van der Waals surface area contributed by atoms with Crippen LogP contribution in [-0.4, -0.2) is 23.3 Å². The SMILES string of the molecule is CC(CCc1[nH]cc[n+]1C)C(=O)O.F[B-](F)(F)F. The summed E-state index contributed by atoms with van der Waals surface area (Å²) >= 11 is 0. The maximum absolute atomic E-state index is 10.5. The van der Waals surface area contributed by atoms with Gasteiger partial charge in [-0.25, -0.2) is 9.55 Å². The number of carboxylic acids is 1. The van der Waals surface area contributed by atoms with Crippen molar-refractivity contribution >= 4 is 13.2 Å². The van der Waals surface area contributed by atoms with E-state index in [-0.39, 0.29) is 5.92 Å². The minimum atomic E-state index is -6.00. The summed E-state index contributed by atoms with van der Waals surface area (Å²) in [5.41, 5.74) is 0. The van der Waals surface area contributed by atoms with E-state index in [4.69, 9.17) is 5.11 Å². The number of hydrogen-bond acceptors (Lipinski definition) is 1. The Morgan fingerprint density at radius 1 is 1.50 bits per heavy atom. The van der Waals surface area contributed by atoms with E-state index in [0.29, 0.717) is 6.42 Å². The molecule has 0 fully saturated rings. The fraction of sp³-hybridized carbons (Fsp3) is 0.556. The average Bonchev–Trinajstić information content (AvgIpc) is 2.57. The molecule has 9 heteroatoms. The Labute approximate surface area is 102 Å². The van der Waals surface area contributed by atoms with Crippen molar-refractivity contribution < 1.29 is 31.7 Å². The lowest BCUT2D eigenvalue weighted by Crippen LogP contribution is -2.30. The third-order valence-electron chi connectivity index (χ3n) is 2.21. The second-order valence-electron chi connectivity index (χ2n) is 3.79. The summed E-state index contributed by atoms with van der Waals surface area (Å²) in [4.78, 5) is 13.6. The van der Waals surface area contributed by atoms with Crippen LogP contribution in [0.1, 0.15) is 19.2 Å². The zero-order valence-corrected chi connectivity index (χ0v) is 10.0. The van der Waals surface area contributed by atoms with Gasteiger partial charge in [0.1, 0.15) is 12.4 Å². The molecule has 0 saturated heterocycles. The lowest BCUT2D eigenvalue weighted by Gasteiger charge is -2.02. The van der Waals surface area contributed by atoms with Crippen LogP contribution in [0.2, 0.25) is 0 Å². The Bertz CT molecular complexity index is 375. The maximum atomic E-state index is 10.5. The van der Waals surface area contributed by atoms with Gasteiger partial charge < -0.3 is 22.4 Å². The van der Waals surface area contributed by atoms with Crippen LogP contribution in [0.5, 0.6) is 0 Å². The summed E-state index contributed by atoms with van der Waals surface area (Å²) in [5, 5.41) is 8.66. The summed E-state index contributed by atoms with van der Waals surface area (Å²) in [7, 11) is -4.06. The van der Waals surface area contributed by atoms with Gasteiger partial charge in [0.2, 0.25) is 0 Å². The standard InChI is InChI=1S/C9H14N2O2.BF4/c1-7(9(12)13)3-4-8-10-5-6-11(8)2;2-1(3,4)5/h5-7H,3-4H2,1-2H3,(H,12,13);/q;-1/p+1. The Morgan fingerprint density at radius 3 is 2.33 bits per heavy atom. The molecule has 2 N–H and O–H groups in total. The van der Waals surface area contributed by atoms with Gasteiger partial charge in [0.05, 0.1) is 13.0 Å². The zero-order chi connectivity index (χ0) is 14.3. The molecule has 1 rings (SSSR count). The molecule has 0 aliphatic heterocycles. The van der Waals surface area contributed by atoms with Gasteiger partial charge in [0.15, 0.2) is 0 Å². The van der Waals surface area contributed by atoms with Crippen molar-refractivity contribution in [3.8, 4) is 0 Å². The van der Waals surface area contributed by atoms with Gasteiger partial charge in [0.25, 0.3) is 5.82 Å². The second-order valence-corrected chi connectivity index (χ2v) is 3.79. The number of H-pyrrole nitrogens is 1. The Morgan fingerprint density at radius 2 is 2.00 bits per heavy atom. The van der Waals surface area contributed by atoms with E-state index < -0.39 is 13.2 Å². The van der Waals surface area contributed by atoms with Gasteiger partial charge in [-0.05, 0) is 6.42 Å². The van der Waals surface area contributed by atoms with Crippen molar-refractivity contribution in [2.24, 2.45) is 13.0 Å². The highest BCUT2D eigenvalue weighted by molar-refractivity contribution is 6.50. The molecule has 104 valence electrons. The van der Waals surface area contributed by atoms with E-state index >= 15 is 0 Å². The molecule has 0 aliphatic rings. The third kappa shape index (κ3) is 8.60. The van der Waals surface area contributed by atoms with Gasteiger partial charge in [-0.2, -0.15) is 0 Å². The zero-order valence-electron chi connectivity index (χ0n) is 10.0. The van der Waals surface area contributed by atoms with Gasteiger partial charge in [-0.3, -0.25) is 4.79 Å². The molecule has 1 aromatic heterocycles. The molecule has 0 bridgehead atoms. The van der Waals surface area contributed by atoms with Gasteiger partial charge in [-0.15, -0.1) is 0 Å². The molecule has 1 unspecified atom stereocenters. The maximum Gasteiger partial charge on any atom is 0.673 e. The molecule has 1 aromatic rings. The van der Waals surface area contributed by atoms with E-state index in [1.54, 1.807) is 6.92 Å². The van der Waals surface area contributed by atoms with E-state index in [0.717, 1.165) is 12.2 Å². The number of nitrogens with zero attached hydrogens (tertiary/aromatic N) is 1. The fourth-order valence-electron chi connectivity index (χ4n) is 1.16. The van der Waals surface area contributed by atoms with Gasteiger partial charge in [0, 0.05) is 6.42 Å². The number of aromatic nitrogens is 2. The molecule has 1 heterocycles. The highest BCUT2D eigenvalue weighted by Crippen LogP contribution is 2.06. The highest BCUT2D eigenvalue weighted by atomic mass is 19.5. The number of aliphatic carboxylic acids is 1. The number of hydrogen-bond donors (Lipinski definition) is 2. The number of carboxylic acid groups (broad SMARTS) is 1. The highest BCUT2D eigenvalue weighted by Gasteiger charge is 2.20. The number of nitrogens with one attached hydrogen (secondary N) is 1. The van der Waals surface area contributed by atoms with E-state index in [1.165, 1.54) is 0 Å². The topological polar surface area (TPSA) is 57.0 Å². The first-order chi connectivity index (χ1) is 8.11. The van der Waals surface area contributed by atoms with Crippen molar-refractivity contribution in [1.82, 2.24) is 4.98 Å². The number of halogens is 4. The van der Waals surface area contributed by atoms with Gasteiger partial charge in [-0.1, -0.05) is 6.92 Å². The van der Waals surface area contributed by atoms with E-state index in [9.17, 15) is 22.1 Å². The second kappa shape index (κ2) is 7.02. The van der Waals surface area contributed by atoms with Crippen LogP contribution >= 0.6 is 0 Å². The van der Waals surface area contributed by atoms with Crippen LogP contribution in [0.3, 0.4) is 0 Å². The van der Waals surface area contributed by atoms with Crippen LogP contribution < -0.4 is 4.57 Å². The summed E-state index contributed by atoms with van der Waals surface area (Å²) in [6.07, 6.45) is 5.21. The molecular weight excluding hydrogens is 255 g/mol. The lowest BCUT2D eigenvalue weighted by atomic mass is 10.1. The fourth-order valence-corrected chi connectivity index (χ4v) is 1.16. The smallest absolute Gasteiger partial charge is 0.481 e. The quantitative estimate of drug-likeness (QED) is 0.498. The largest absolute Gasteiger partial charge is 0.673 e. The number of imidazole rings is 1. The number of carbonyl (C=O) groups is 1. The Hall–Kier alpha value is -1.54. The van der Waals surface area contributed by atoms with E-state index in [1.807, 2.05) is 24.0 Å². The summed E-state index contributed by atoms with van der Waals surface area (Å²) in [5.74, 6) is 0.0607. The van der Waals surface area contributed by atoms with Crippen LogP contribution in [0.15, 0.2) is 12.4 Å². The van der Waals surface area contributed by atoms with Crippen LogP contribution in [0, 0.1) is 5.92 Å². The van der Waals surface area contributed by atoms with Crippen LogP contribution in [0.4, 0.5) is 17.3 Å². The molecule has 1 atom stereocenters. The lowest BCUT2D eigenvalue weighted by molar-refractivity contribution is -0.677. The first-order valence-corrected chi connectivity index (χ1v) is 5.23. The molecule has 0 aliphatic carbocycles. The summed E-state index contributed by atoms with van der Waals surface area (Å²) < 4.78 is 41.0. The first-order valence-electron chi connectivity index (χ1n) is 5.23. The molecule has 0 saturated carbocycles. The molecule has 18 heavy (non-hydrogen) atoms. The van der Waals surface area contributed by atoms with Crippen molar-refractivity contribution in [3.05, 3.63) is 18.2 Å². The molecule has 0 radical (unpaired) electrons. The molecular formula is C9H15BF4N2O2. The third-order valence-corrected chi connectivity index (χ3v) is 2.21. The molecule has 0 amide bonds. The monoisotopic (exact) mass is 270 g/mol. The van der Waals surface area contributed by atoms with Crippen LogP contribution in [-0.2, 0) is 18.3 Å². The Balaban J connectivity index is 0.000000494. The Kier molecular flexibility index (Phi) is 6.42. The minimum absolute atomic E-state index is 0.275. The number of rotatable bonds is 4. The molecule has 0 spiro atoms. The minimum Gasteiger partial charge on any atom is -0.481 e. The predicted octanol–water partition coefficient (Wildman–Crippen LogP) is 1.79. The van der Waals surface area contributed by atoms with Crippen molar-refractivity contribution in [2.45, 2.75) is 19.8 Å². The van der Waals surface area contributed by atoms with Crippen molar-refractivity contribution in [1.29, 1.82) is 0 Å². The molecule has 4 nitrogen and oxygen atoms in total. The normalized spacial score (nSPS) is 12.6. The van der Waals surface area contributed by atoms with E-state index in [2.05, 4.69) is 4.98 Å². The van der Waals surface area contributed by atoms with Crippen molar-refractivity contribution in [3.63, 3.8) is 0 Å². The van der Waals surface area contributed by atoms with Crippen LogP contribution in [0.25, 0.3) is 0 Å². The molecule has 0 aromatic carbocycles. The summed E-state index contributed by atoms with van der Waals surface area (Å²) in [6, 6.07) is 0. The number of aryl methyl sites for hydroxylation is 2. The van der Waals surface area contributed by atoms with Gasteiger partial charge >= 0.3 is 13.2 Å². The van der Waals surface area contributed by atoms with Crippen molar-refractivity contribution in [2.75, 3.05) is 0 Å². The first kappa shape index (κ1) is 16.5.